The Balaban J connectivity index is 1.60. The number of phenolic OH excluding ortho intramolecular Hbond substituents is 1. The Morgan fingerprint density at radius 1 is 1.05 bits per heavy atom. The summed E-state index contributed by atoms with van der Waals surface area (Å²) in [5.41, 5.74) is 1.82. The molecule has 0 saturated carbocycles. The molecule has 1 aromatic heterocycles. The number of pyridine rings is 1. The van der Waals surface area contributed by atoms with Crippen molar-refractivity contribution in [3.8, 4) is 5.75 Å². The molecule has 3 rings (SSSR count). The fourth-order valence-corrected chi connectivity index (χ4v) is 2.64. The highest BCUT2D eigenvalue weighted by molar-refractivity contribution is 5.45. The average molecular weight is 287 g/mol. The minimum absolute atomic E-state index is 0.160. The van der Waals surface area contributed by atoms with Crippen molar-refractivity contribution in [3.63, 3.8) is 0 Å². The van der Waals surface area contributed by atoms with Gasteiger partial charge in [0, 0.05) is 56.4 Å². The van der Waals surface area contributed by atoms with Crippen LogP contribution in [0.2, 0.25) is 0 Å². The van der Waals surface area contributed by atoms with E-state index < -0.39 is 0 Å². The Kier molecular flexibility index (Phi) is 4.01. The van der Waals surface area contributed by atoms with E-state index in [1.165, 1.54) is 23.9 Å². The van der Waals surface area contributed by atoms with Crippen LogP contribution in [0.1, 0.15) is 5.56 Å². The lowest BCUT2D eigenvalue weighted by molar-refractivity contribution is 0.246. The molecule has 1 aliphatic rings. The molecule has 1 saturated heterocycles. The smallest absolute Gasteiger partial charge is 0.123 e. The van der Waals surface area contributed by atoms with Crippen LogP contribution in [0, 0.1) is 5.82 Å². The van der Waals surface area contributed by atoms with E-state index in [0.29, 0.717) is 12.1 Å². The molecule has 1 N–H and O–H groups in total. The monoisotopic (exact) mass is 287 g/mol. The fourth-order valence-electron chi connectivity index (χ4n) is 2.64. The highest BCUT2D eigenvalue weighted by atomic mass is 19.1. The summed E-state index contributed by atoms with van der Waals surface area (Å²) < 4.78 is 13.2. The minimum Gasteiger partial charge on any atom is -0.508 e. The van der Waals surface area contributed by atoms with Crippen LogP contribution in [0.5, 0.6) is 5.75 Å². The number of nitrogens with zero attached hydrogens (tertiary/aromatic N) is 3. The molecule has 110 valence electrons. The number of anilines is 1. The molecule has 0 aliphatic carbocycles. The van der Waals surface area contributed by atoms with Crippen molar-refractivity contribution in [1.29, 1.82) is 0 Å². The third-order valence-electron chi connectivity index (χ3n) is 3.84. The first kappa shape index (κ1) is 13.8. The summed E-state index contributed by atoms with van der Waals surface area (Å²) in [5, 5.41) is 9.78. The molecule has 0 amide bonds. The molecule has 0 bridgehead atoms. The van der Waals surface area contributed by atoms with Gasteiger partial charge in [-0.15, -0.1) is 0 Å². The molecule has 1 aromatic carbocycles. The molecule has 0 atom stereocenters. The minimum atomic E-state index is -0.307. The molecule has 0 spiro atoms. The quantitative estimate of drug-likeness (QED) is 0.940. The van der Waals surface area contributed by atoms with Gasteiger partial charge < -0.3 is 10.0 Å². The van der Waals surface area contributed by atoms with Gasteiger partial charge >= 0.3 is 0 Å². The van der Waals surface area contributed by atoms with E-state index in [1.54, 1.807) is 12.4 Å². The second-order valence-corrected chi connectivity index (χ2v) is 5.24. The van der Waals surface area contributed by atoms with Gasteiger partial charge in [-0.05, 0) is 30.3 Å². The Morgan fingerprint density at radius 3 is 2.48 bits per heavy atom. The van der Waals surface area contributed by atoms with Crippen molar-refractivity contribution in [2.45, 2.75) is 6.54 Å². The zero-order chi connectivity index (χ0) is 14.7. The molecule has 21 heavy (non-hydrogen) atoms. The van der Waals surface area contributed by atoms with Crippen molar-refractivity contribution < 1.29 is 9.50 Å². The summed E-state index contributed by atoms with van der Waals surface area (Å²) in [6.45, 7) is 4.19. The number of phenols is 1. The molecular weight excluding hydrogens is 269 g/mol. The molecule has 2 heterocycles. The summed E-state index contributed by atoms with van der Waals surface area (Å²) in [6, 6.07) is 8.12. The molecule has 0 radical (unpaired) electrons. The van der Waals surface area contributed by atoms with Crippen LogP contribution >= 0.6 is 0 Å². The van der Waals surface area contributed by atoms with Crippen LogP contribution in [-0.4, -0.2) is 41.2 Å². The Morgan fingerprint density at radius 2 is 1.76 bits per heavy atom. The topological polar surface area (TPSA) is 39.6 Å². The van der Waals surface area contributed by atoms with E-state index >= 15 is 0 Å². The molecular formula is C16H18FN3O. The summed E-state index contributed by atoms with van der Waals surface area (Å²) in [7, 11) is 0. The first-order valence-corrected chi connectivity index (χ1v) is 7.07. The van der Waals surface area contributed by atoms with Crippen molar-refractivity contribution in [2.75, 3.05) is 31.1 Å². The average Bonchev–Trinajstić information content (AvgIpc) is 2.53. The molecule has 5 heteroatoms. The van der Waals surface area contributed by atoms with Gasteiger partial charge in [0.25, 0.3) is 0 Å². The highest BCUT2D eigenvalue weighted by Gasteiger charge is 2.18. The van der Waals surface area contributed by atoms with Crippen molar-refractivity contribution >= 4 is 5.69 Å². The van der Waals surface area contributed by atoms with Crippen LogP contribution < -0.4 is 4.90 Å². The van der Waals surface area contributed by atoms with Gasteiger partial charge in [0.15, 0.2) is 0 Å². The fraction of sp³-hybridized carbons (Fsp3) is 0.312. The van der Waals surface area contributed by atoms with Gasteiger partial charge in [-0.25, -0.2) is 4.39 Å². The van der Waals surface area contributed by atoms with E-state index in [1.807, 2.05) is 12.1 Å². The van der Waals surface area contributed by atoms with E-state index in [9.17, 15) is 9.50 Å². The van der Waals surface area contributed by atoms with Crippen LogP contribution in [0.3, 0.4) is 0 Å². The van der Waals surface area contributed by atoms with Crippen LogP contribution in [0.25, 0.3) is 0 Å². The van der Waals surface area contributed by atoms with Gasteiger partial charge in [0.05, 0.1) is 0 Å². The van der Waals surface area contributed by atoms with E-state index in [4.69, 9.17) is 0 Å². The number of aromatic nitrogens is 1. The van der Waals surface area contributed by atoms with Gasteiger partial charge in [0.1, 0.15) is 11.6 Å². The van der Waals surface area contributed by atoms with Gasteiger partial charge in [-0.2, -0.15) is 0 Å². The maximum absolute atomic E-state index is 13.2. The highest BCUT2D eigenvalue weighted by Crippen LogP contribution is 2.21. The maximum atomic E-state index is 13.2. The number of aromatic hydroxyl groups is 1. The molecule has 4 nitrogen and oxygen atoms in total. The largest absolute Gasteiger partial charge is 0.508 e. The first-order valence-electron chi connectivity index (χ1n) is 7.07. The lowest BCUT2D eigenvalue weighted by Crippen LogP contribution is -2.45. The summed E-state index contributed by atoms with van der Waals surface area (Å²) >= 11 is 0. The SMILES string of the molecule is Oc1ccc(F)cc1CN1CCN(c2ccncc2)CC1. The van der Waals surface area contributed by atoms with Crippen LogP contribution in [-0.2, 0) is 6.54 Å². The van der Waals surface area contributed by atoms with Gasteiger partial charge in [0.2, 0.25) is 0 Å². The molecule has 2 aromatic rings. The second kappa shape index (κ2) is 6.10. The lowest BCUT2D eigenvalue weighted by Gasteiger charge is -2.36. The van der Waals surface area contributed by atoms with E-state index in [2.05, 4.69) is 14.8 Å². The normalized spacial score (nSPS) is 16.1. The number of rotatable bonds is 3. The van der Waals surface area contributed by atoms with E-state index in [-0.39, 0.29) is 11.6 Å². The number of halogens is 1. The van der Waals surface area contributed by atoms with Crippen LogP contribution in [0.4, 0.5) is 10.1 Å². The predicted molar refractivity (Wildman–Crippen MR) is 79.8 cm³/mol. The van der Waals surface area contributed by atoms with Gasteiger partial charge in [-0.1, -0.05) is 0 Å². The van der Waals surface area contributed by atoms with Crippen LogP contribution in [0.15, 0.2) is 42.7 Å². The standard InChI is InChI=1S/C16H18FN3O/c17-14-1-2-16(21)13(11-14)12-19-7-9-20(10-8-19)15-3-5-18-6-4-15/h1-6,11,21H,7-10,12H2. The Labute approximate surface area is 123 Å². The number of hydrogen-bond donors (Lipinski definition) is 1. The number of hydrogen-bond acceptors (Lipinski definition) is 4. The maximum Gasteiger partial charge on any atom is 0.123 e. The molecule has 1 aliphatic heterocycles. The third-order valence-corrected chi connectivity index (χ3v) is 3.84. The summed E-state index contributed by atoms with van der Waals surface area (Å²) in [6.07, 6.45) is 3.60. The van der Waals surface area contributed by atoms with Crippen molar-refractivity contribution in [3.05, 3.63) is 54.1 Å². The number of benzene rings is 1. The predicted octanol–water partition coefficient (Wildman–Crippen LogP) is 2.25. The first-order chi connectivity index (χ1) is 10.2. The van der Waals surface area contributed by atoms with Crippen molar-refractivity contribution in [2.24, 2.45) is 0 Å². The Bertz CT molecular complexity index is 598. The van der Waals surface area contributed by atoms with Crippen molar-refractivity contribution in [1.82, 2.24) is 9.88 Å². The molecule has 0 unspecified atom stereocenters. The zero-order valence-electron chi connectivity index (χ0n) is 11.7. The lowest BCUT2D eigenvalue weighted by atomic mass is 10.1. The summed E-state index contributed by atoms with van der Waals surface area (Å²) in [5.74, 6) is -0.147. The summed E-state index contributed by atoms with van der Waals surface area (Å²) in [4.78, 5) is 8.57. The number of piperazine rings is 1. The second-order valence-electron chi connectivity index (χ2n) is 5.24. The van der Waals surface area contributed by atoms with E-state index in [0.717, 1.165) is 26.2 Å². The van der Waals surface area contributed by atoms with Gasteiger partial charge in [-0.3, -0.25) is 9.88 Å². The third kappa shape index (κ3) is 3.31. The Hall–Kier alpha value is -2.14. The molecule has 1 fully saturated rings. The zero-order valence-corrected chi connectivity index (χ0v) is 11.7.